The zero-order valence-corrected chi connectivity index (χ0v) is 19.1. The molecule has 2 aromatic carbocycles. The molecule has 2 fully saturated rings. The first-order valence-corrected chi connectivity index (χ1v) is 12.2. The van der Waals surface area contributed by atoms with Crippen molar-refractivity contribution in [3.05, 3.63) is 59.1 Å². The molecule has 2 aliphatic rings. The number of amides is 4. The molecule has 8 heteroatoms. The molecule has 5 rings (SSSR count). The predicted octanol–water partition coefficient (Wildman–Crippen LogP) is 4.47. The van der Waals surface area contributed by atoms with E-state index in [1.54, 1.807) is 11.3 Å². The number of carbonyl (C=O) groups is 3. The second-order valence-corrected chi connectivity index (χ2v) is 9.89. The van der Waals surface area contributed by atoms with Crippen LogP contribution in [0.5, 0.6) is 0 Å². The minimum atomic E-state index is -0.688. The molecule has 1 aliphatic carbocycles. The fourth-order valence-corrected chi connectivity index (χ4v) is 5.70. The smallest absolute Gasteiger partial charge is 0.325 e. The number of para-hydroxylation sites is 1. The average molecular weight is 463 g/mol. The minimum absolute atomic E-state index is 0.128. The average Bonchev–Trinajstić information content (AvgIpc) is 3.49. The summed E-state index contributed by atoms with van der Waals surface area (Å²) in [6.07, 6.45) is 4.78. The van der Waals surface area contributed by atoms with Gasteiger partial charge in [-0.25, -0.2) is 9.78 Å². The van der Waals surface area contributed by atoms with Crippen LogP contribution in [-0.4, -0.2) is 39.8 Å². The molecule has 3 aromatic rings. The Balaban J connectivity index is 1.10. The molecule has 1 saturated carbocycles. The zero-order valence-electron chi connectivity index (χ0n) is 18.3. The molecule has 170 valence electrons. The van der Waals surface area contributed by atoms with E-state index in [2.05, 4.69) is 21.7 Å². The number of carbonyl (C=O) groups excluding carboxylic acids is 3. The third-order valence-corrected chi connectivity index (χ3v) is 7.46. The number of hydrogen-bond donors (Lipinski definition) is 2. The SMILES string of the molecule is O=C(CCCN1C(=O)NC2(CCCC2)C1=O)Nc1ccc(Cc2nc3ccccc3s2)cc1. The lowest BCUT2D eigenvalue weighted by atomic mass is 9.98. The third-order valence-electron chi connectivity index (χ3n) is 6.42. The van der Waals surface area contributed by atoms with Crippen LogP contribution in [0.4, 0.5) is 10.5 Å². The van der Waals surface area contributed by atoms with Gasteiger partial charge in [0.25, 0.3) is 5.91 Å². The minimum Gasteiger partial charge on any atom is -0.326 e. The number of nitrogens with zero attached hydrogens (tertiary/aromatic N) is 2. The second-order valence-electron chi connectivity index (χ2n) is 8.78. The van der Waals surface area contributed by atoms with Gasteiger partial charge in [0.1, 0.15) is 5.54 Å². The van der Waals surface area contributed by atoms with Crippen molar-refractivity contribution >= 4 is 45.1 Å². The van der Waals surface area contributed by atoms with Crippen molar-refractivity contribution in [1.29, 1.82) is 0 Å². The van der Waals surface area contributed by atoms with E-state index in [0.29, 0.717) is 19.3 Å². The Morgan fingerprint density at radius 3 is 2.61 bits per heavy atom. The van der Waals surface area contributed by atoms with Gasteiger partial charge in [-0.3, -0.25) is 14.5 Å². The van der Waals surface area contributed by atoms with E-state index >= 15 is 0 Å². The van der Waals surface area contributed by atoms with Gasteiger partial charge >= 0.3 is 6.03 Å². The summed E-state index contributed by atoms with van der Waals surface area (Å²) < 4.78 is 1.18. The number of anilines is 1. The van der Waals surface area contributed by atoms with Crippen molar-refractivity contribution in [3.63, 3.8) is 0 Å². The predicted molar refractivity (Wildman–Crippen MR) is 128 cm³/mol. The molecule has 0 atom stereocenters. The van der Waals surface area contributed by atoms with Crippen LogP contribution in [0.3, 0.4) is 0 Å². The standard InChI is InChI=1S/C25H26N4O3S/c30-21(8-5-15-29-23(31)25(28-24(29)32)13-3-4-14-25)26-18-11-9-17(10-12-18)16-22-27-19-6-1-2-7-20(19)33-22/h1-2,6-7,9-12H,3-5,8,13-16H2,(H,26,30)(H,28,32). The van der Waals surface area contributed by atoms with Gasteiger partial charge in [-0.2, -0.15) is 0 Å². The molecule has 2 heterocycles. The Kier molecular flexibility index (Phi) is 5.85. The summed E-state index contributed by atoms with van der Waals surface area (Å²) in [6, 6.07) is 15.6. The monoisotopic (exact) mass is 462 g/mol. The number of nitrogens with one attached hydrogen (secondary N) is 2. The van der Waals surface area contributed by atoms with E-state index in [9.17, 15) is 14.4 Å². The maximum atomic E-state index is 12.7. The first-order chi connectivity index (χ1) is 16.0. The topological polar surface area (TPSA) is 91.4 Å². The Labute approximate surface area is 196 Å². The first-order valence-electron chi connectivity index (χ1n) is 11.4. The highest BCUT2D eigenvalue weighted by Crippen LogP contribution is 2.35. The van der Waals surface area contributed by atoms with Gasteiger partial charge in [0.2, 0.25) is 5.91 Å². The van der Waals surface area contributed by atoms with Crippen molar-refractivity contribution in [1.82, 2.24) is 15.2 Å². The molecule has 1 saturated heterocycles. The Morgan fingerprint density at radius 1 is 1.09 bits per heavy atom. The fraction of sp³-hybridized carbons (Fsp3) is 0.360. The van der Waals surface area contributed by atoms with Crippen molar-refractivity contribution in [2.45, 2.75) is 50.5 Å². The van der Waals surface area contributed by atoms with E-state index in [-0.39, 0.29) is 30.8 Å². The van der Waals surface area contributed by atoms with Crippen molar-refractivity contribution in [2.24, 2.45) is 0 Å². The number of benzene rings is 2. The van der Waals surface area contributed by atoms with Gasteiger partial charge < -0.3 is 10.6 Å². The molecule has 0 radical (unpaired) electrons. The first kappa shape index (κ1) is 21.6. The maximum absolute atomic E-state index is 12.7. The van der Waals surface area contributed by atoms with Gasteiger partial charge in [0.05, 0.1) is 15.2 Å². The molecule has 4 amide bonds. The van der Waals surface area contributed by atoms with Crippen LogP contribution in [-0.2, 0) is 16.0 Å². The van der Waals surface area contributed by atoms with Crippen molar-refractivity contribution < 1.29 is 14.4 Å². The van der Waals surface area contributed by atoms with Crippen LogP contribution in [0.2, 0.25) is 0 Å². The summed E-state index contributed by atoms with van der Waals surface area (Å²) in [5.41, 5.74) is 2.19. The summed E-state index contributed by atoms with van der Waals surface area (Å²) in [6.45, 7) is 0.265. The molecule has 1 aromatic heterocycles. The van der Waals surface area contributed by atoms with Crippen molar-refractivity contribution in [3.8, 4) is 0 Å². The largest absolute Gasteiger partial charge is 0.326 e. The molecule has 1 aliphatic heterocycles. The summed E-state index contributed by atoms with van der Waals surface area (Å²) >= 11 is 1.70. The Morgan fingerprint density at radius 2 is 1.85 bits per heavy atom. The summed E-state index contributed by atoms with van der Waals surface area (Å²) in [5.74, 6) is -0.259. The van der Waals surface area contributed by atoms with Gasteiger partial charge in [-0.15, -0.1) is 11.3 Å². The Hall–Kier alpha value is -3.26. The van der Waals surface area contributed by atoms with E-state index in [0.717, 1.165) is 41.0 Å². The number of aromatic nitrogens is 1. The lowest BCUT2D eigenvalue weighted by Crippen LogP contribution is -2.44. The summed E-state index contributed by atoms with van der Waals surface area (Å²) in [4.78, 5) is 43.2. The molecule has 0 bridgehead atoms. The number of thiazole rings is 1. The normalized spacial score (nSPS) is 17.2. The van der Waals surface area contributed by atoms with Crippen LogP contribution in [0.25, 0.3) is 10.2 Å². The quantitative estimate of drug-likeness (QED) is 0.507. The van der Waals surface area contributed by atoms with Crippen molar-refractivity contribution in [2.75, 3.05) is 11.9 Å². The van der Waals surface area contributed by atoms with Gasteiger partial charge in [-0.05, 0) is 49.1 Å². The van der Waals surface area contributed by atoms with E-state index in [4.69, 9.17) is 0 Å². The lowest BCUT2D eigenvalue weighted by Gasteiger charge is -2.19. The van der Waals surface area contributed by atoms with Gasteiger partial charge in [0.15, 0.2) is 0 Å². The zero-order chi connectivity index (χ0) is 22.8. The highest BCUT2D eigenvalue weighted by molar-refractivity contribution is 7.18. The van der Waals surface area contributed by atoms with Crippen LogP contribution >= 0.6 is 11.3 Å². The molecule has 0 unspecified atom stereocenters. The molecule has 7 nitrogen and oxygen atoms in total. The third kappa shape index (κ3) is 4.48. The van der Waals surface area contributed by atoms with Crippen LogP contribution in [0, 0.1) is 0 Å². The molecule has 33 heavy (non-hydrogen) atoms. The Bertz CT molecular complexity index is 1160. The summed E-state index contributed by atoms with van der Waals surface area (Å²) in [5, 5.41) is 6.83. The lowest BCUT2D eigenvalue weighted by molar-refractivity contribution is -0.131. The van der Waals surface area contributed by atoms with Crippen LogP contribution in [0.1, 0.15) is 49.1 Å². The number of fused-ring (bicyclic) bond motifs is 1. The number of hydrogen-bond acceptors (Lipinski definition) is 5. The number of rotatable bonds is 7. The fourth-order valence-electron chi connectivity index (χ4n) is 4.69. The molecule has 1 spiro atoms. The molecular formula is C25H26N4O3S. The van der Waals surface area contributed by atoms with Gasteiger partial charge in [-0.1, -0.05) is 37.1 Å². The van der Waals surface area contributed by atoms with E-state index in [1.165, 1.54) is 9.60 Å². The molecule has 2 N–H and O–H groups in total. The highest BCUT2D eigenvalue weighted by Gasteiger charge is 2.52. The number of imide groups is 1. The highest BCUT2D eigenvalue weighted by atomic mass is 32.1. The second kappa shape index (κ2) is 8.94. The van der Waals surface area contributed by atoms with Crippen LogP contribution < -0.4 is 10.6 Å². The molecular weight excluding hydrogens is 436 g/mol. The van der Waals surface area contributed by atoms with Gasteiger partial charge in [0, 0.05) is 25.1 Å². The maximum Gasteiger partial charge on any atom is 0.325 e. The van der Waals surface area contributed by atoms with E-state index in [1.807, 2.05) is 42.5 Å². The van der Waals surface area contributed by atoms with E-state index < -0.39 is 5.54 Å². The summed E-state index contributed by atoms with van der Waals surface area (Å²) in [7, 11) is 0. The number of urea groups is 1. The van der Waals surface area contributed by atoms with Crippen LogP contribution in [0.15, 0.2) is 48.5 Å².